The molecule has 1 nitrogen and oxygen atoms in total. The Kier molecular flexibility index (Phi) is 9.32. The van der Waals surface area contributed by atoms with Crippen LogP contribution in [0.15, 0.2) is 39.8 Å². The van der Waals surface area contributed by atoms with Crippen molar-refractivity contribution in [2.75, 3.05) is 3.30 Å². The normalized spacial score (nSPS) is 12.6. The third-order valence-corrected chi connectivity index (χ3v) is 26.8. The average molecular weight is 496 g/mol. The summed E-state index contributed by atoms with van der Waals surface area (Å²) in [5.41, 5.74) is 4.10. The van der Waals surface area contributed by atoms with Crippen LogP contribution in [0.5, 0.6) is 0 Å². The first kappa shape index (κ1) is 20.2. The summed E-state index contributed by atoms with van der Waals surface area (Å²) in [5, 5.41) is 0. The van der Waals surface area contributed by atoms with Crippen molar-refractivity contribution in [3.05, 3.63) is 50.9 Å². The number of aryl methyl sites for hydroxylation is 2. The van der Waals surface area contributed by atoms with Gasteiger partial charge in [-0.2, -0.15) is 0 Å². The van der Waals surface area contributed by atoms with Crippen molar-refractivity contribution in [2.45, 2.75) is 33.4 Å². The number of anilines is 1. The first-order valence-electron chi connectivity index (χ1n) is 6.64. The van der Waals surface area contributed by atoms with Crippen LogP contribution < -0.4 is 3.30 Å². The summed E-state index contributed by atoms with van der Waals surface area (Å²) >= 11 is -1.75. The molecule has 0 bridgehead atoms. The van der Waals surface area contributed by atoms with Crippen molar-refractivity contribution in [1.82, 2.24) is 0 Å². The number of hydrogen-bond acceptors (Lipinski definition) is 1. The second kappa shape index (κ2) is 9.24. The van der Waals surface area contributed by atoms with E-state index < -0.39 is 26.9 Å². The van der Waals surface area contributed by atoms with E-state index in [1.54, 1.807) is 3.33 Å². The molecule has 2 rings (SSSR count). The Hall–Kier alpha value is 0.167. The van der Waals surface area contributed by atoms with E-state index in [1.807, 2.05) is 0 Å². The summed E-state index contributed by atoms with van der Waals surface area (Å²) in [7, 11) is 0. The van der Waals surface area contributed by atoms with E-state index in [2.05, 4.69) is 66.7 Å². The van der Waals surface area contributed by atoms with E-state index in [4.69, 9.17) is 0 Å². The van der Waals surface area contributed by atoms with Crippen LogP contribution in [0.25, 0.3) is 0 Å². The van der Waals surface area contributed by atoms with Gasteiger partial charge >= 0.3 is 120 Å². The molecule has 5 heteroatoms. The number of nitrogens with one attached hydrogen (secondary N) is 1. The number of allylic oxidation sites excluding steroid dienone is 4. The van der Waals surface area contributed by atoms with Gasteiger partial charge in [0.2, 0.25) is 0 Å². The summed E-state index contributed by atoms with van der Waals surface area (Å²) < 4.78 is 5.73. The van der Waals surface area contributed by atoms with Crippen LogP contribution in [0.4, 0.5) is 5.69 Å². The fraction of sp³-hybridized carbons (Fsp3) is 0.333. The predicted octanol–water partition coefficient (Wildman–Crippen LogP) is 4.92. The van der Waals surface area contributed by atoms with Crippen molar-refractivity contribution >= 4 is 36.5 Å². The third-order valence-electron chi connectivity index (χ3n) is 3.20. The van der Waals surface area contributed by atoms with Gasteiger partial charge in [0.15, 0.2) is 0 Å². The van der Waals surface area contributed by atoms with Crippen molar-refractivity contribution in [3.8, 4) is 0 Å². The van der Waals surface area contributed by atoms with Crippen molar-refractivity contribution in [1.29, 1.82) is 0 Å². The topological polar surface area (TPSA) is 12.0 Å². The Labute approximate surface area is 144 Å². The molecule has 0 aromatic heterocycles. The summed E-state index contributed by atoms with van der Waals surface area (Å²) in [6.07, 6.45) is 8.13. The fourth-order valence-electron chi connectivity index (χ4n) is 2.44. The molecule has 0 radical (unpaired) electrons. The first-order chi connectivity index (χ1) is 8.56. The molecule has 0 unspecified atom stereocenters. The second-order valence-corrected chi connectivity index (χ2v) is 31.1. The number of benzene rings is 1. The van der Waals surface area contributed by atoms with E-state index in [9.17, 15) is 0 Å². The Morgan fingerprint density at radius 3 is 2.10 bits per heavy atom. The van der Waals surface area contributed by atoms with Crippen LogP contribution in [-0.4, -0.2) is 5.98 Å². The summed E-state index contributed by atoms with van der Waals surface area (Å²) in [6.45, 7) is 9.40. The van der Waals surface area contributed by atoms with Gasteiger partial charge in [0.1, 0.15) is 0 Å². The maximum Gasteiger partial charge on any atom is -0.147 e. The van der Waals surface area contributed by atoms with Crippen LogP contribution >= 0.6 is 24.8 Å². The minimum absolute atomic E-state index is 0. The summed E-state index contributed by atoms with van der Waals surface area (Å²) in [4.78, 5) is 0. The predicted molar refractivity (Wildman–Crippen MR) is 94.8 cm³/mol. The quantitative estimate of drug-likeness (QED) is 0.585. The summed E-state index contributed by atoms with van der Waals surface area (Å²) in [5.74, 6) is -0.546. The Bertz CT molecular complexity index is 480. The summed E-state index contributed by atoms with van der Waals surface area (Å²) in [6, 6.07) is 6.86. The number of rotatable bonds is 4. The average Bonchev–Trinajstić information content (AvgIpc) is 2.77. The van der Waals surface area contributed by atoms with Gasteiger partial charge in [-0.25, -0.2) is 0 Å². The van der Waals surface area contributed by atoms with Gasteiger partial charge in [-0.3, -0.25) is 0 Å². The van der Waals surface area contributed by atoms with Gasteiger partial charge in [-0.1, -0.05) is 0 Å². The smallest absolute Gasteiger partial charge is 0.147 e. The maximum atomic E-state index is 3.97. The first-order valence-corrected chi connectivity index (χ1v) is 19.3. The van der Waals surface area contributed by atoms with Gasteiger partial charge in [0, 0.05) is 0 Å². The molecule has 1 aliphatic carbocycles. The van der Waals surface area contributed by atoms with Crippen LogP contribution in [0, 0.1) is 13.8 Å². The van der Waals surface area contributed by atoms with Crippen molar-refractivity contribution in [3.63, 3.8) is 0 Å². The molecule has 0 atom stereocenters. The maximum absolute atomic E-state index is 3.97. The molecule has 111 valence electrons. The third kappa shape index (κ3) is 5.51. The molecule has 20 heavy (non-hydrogen) atoms. The molecule has 0 saturated carbocycles. The zero-order valence-electron chi connectivity index (χ0n) is 12.6. The zero-order valence-corrected chi connectivity index (χ0v) is 18.9. The van der Waals surface area contributed by atoms with Crippen molar-refractivity contribution in [2.24, 2.45) is 0 Å². The molecule has 0 amide bonds. The van der Waals surface area contributed by atoms with Gasteiger partial charge in [-0.05, 0) is 0 Å². The molecule has 0 aliphatic heterocycles. The molecule has 1 aromatic rings. The van der Waals surface area contributed by atoms with Gasteiger partial charge in [0.05, 0.1) is 0 Å². The van der Waals surface area contributed by atoms with Crippen molar-refractivity contribution < 1.29 is 20.9 Å². The van der Waals surface area contributed by atoms with E-state index in [0.717, 1.165) is 0 Å². The molecule has 0 fully saturated rings. The second-order valence-electron chi connectivity index (χ2n) is 5.39. The Balaban J connectivity index is 0.00000180. The molecule has 1 aliphatic rings. The van der Waals surface area contributed by atoms with Gasteiger partial charge in [-0.15, -0.1) is 24.8 Å². The van der Waals surface area contributed by atoms with Crippen LogP contribution in [-0.2, 0) is 20.9 Å². The fourth-order valence-corrected chi connectivity index (χ4v) is 22.1. The van der Waals surface area contributed by atoms with E-state index in [-0.39, 0.29) is 24.8 Å². The van der Waals surface area contributed by atoms with Crippen LogP contribution in [0.3, 0.4) is 0 Å². The van der Waals surface area contributed by atoms with E-state index >= 15 is 0 Å². The van der Waals surface area contributed by atoms with Crippen LogP contribution in [0.2, 0.25) is 13.1 Å². The van der Waals surface area contributed by atoms with E-state index in [1.165, 1.54) is 23.2 Å². The molecular weight excluding hydrogens is 472 g/mol. The number of halogens is 2. The molecule has 0 heterocycles. The Morgan fingerprint density at radius 2 is 1.65 bits per heavy atom. The standard InChI is InChI=1S/C8H10N.C5H5.C2H7Si.2ClH.Hf/c1-6-3-7(2)5-8(9)4-6;1-2-4-5-3-1;1-3-2;;;/h3-5,9H,1-2H3;1-3H,4H2;3H,1-2H3;2*1H;/q-1;;;;;+1. The van der Waals surface area contributed by atoms with Gasteiger partial charge < -0.3 is 0 Å². The zero-order chi connectivity index (χ0) is 13.1. The molecule has 1 N–H and O–H groups in total. The SMILES string of the molecule is Cc1cc(C)cc([NH][Hf]([C]2=CC=CC2)[SiH](C)C)c1.Cl.Cl. The molecular formula is C15H24Cl2HfNSi. The monoisotopic (exact) mass is 496 g/mol. The molecule has 0 saturated heterocycles. The van der Waals surface area contributed by atoms with Gasteiger partial charge in [0.25, 0.3) is 0 Å². The largest absolute Gasteiger partial charge is 0.147 e. The minimum Gasteiger partial charge on any atom is -0.147 e. The Morgan fingerprint density at radius 1 is 1.05 bits per heavy atom. The molecule has 1 aromatic carbocycles. The minimum atomic E-state index is -1.75. The molecule has 0 spiro atoms. The van der Waals surface area contributed by atoms with Crippen LogP contribution in [0.1, 0.15) is 17.5 Å². The van der Waals surface area contributed by atoms with E-state index in [0.29, 0.717) is 0 Å². The number of hydrogen-bond donors (Lipinski definition) is 1.